The van der Waals surface area contributed by atoms with Gasteiger partial charge in [-0.3, -0.25) is 9.59 Å². The van der Waals surface area contributed by atoms with Gasteiger partial charge in [-0.1, -0.05) is 12.1 Å². The molecule has 3 N–H and O–H groups in total. The van der Waals surface area contributed by atoms with E-state index < -0.39 is 15.4 Å². The van der Waals surface area contributed by atoms with Crippen LogP contribution in [0.3, 0.4) is 0 Å². The number of hydrogen-bond donors (Lipinski definition) is 2. The summed E-state index contributed by atoms with van der Waals surface area (Å²) in [6.07, 6.45) is 0.523. The maximum atomic E-state index is 12.7. The summed E-state index contributed by atoms with van der Waals surface area (Å²) in [6.45, 7) is 6.50. The highest BCUT2D eigenvalue weighted by molar-refractivity contribution is 7.89. The number of nitrogens with zero attached hydrogens (tertiary/aromatic N) is 2. The summed E-state index contributed by atoms with van der Waals surface area (Å²) >= 11 is 0. The van der Waals surface area contributed by atoms with E-state index in [-0.39, 0.29) is 16.7 Å². The van der Waals surface area contributed by atoms with E-state index in [4.69, 9.17) is 5.14 Å². The quantitative estimate of drug-likeness (QED) is 0.646. The first-order chi connectivity index (χ1) is 12.5. The van der Waals surface area contributed by atoms with Crippen LogP contribution in [0.5, 0.6) is 0 Å². The van der Waals surface area contributed by atoms with E-state index >= 15 is 0 Å². The van der Waals surface area contributed by atoms with Crippen molar-refractivity contribution in [3.05, 3.63) is 29.8 Å². The molecule has 2 amide bonds. The minimum Gasteiger partial charge on any atom is -0.355 e. The highest BCUT2D eigenvalue weighted by Gasteiger charge is 2.39. The first-order valence-corrected chi connectivity index (χ1v) is 10.4. The Morgan fingerprint density at radius 2 is 1.67 bits per heavy atom. The van der Waals surface area contributed by atoms with Crippen molar-refractivity contribution in [2.45, 2.75) is 25.2 Å². The molecular weight excluding hydrogens is 368 g/mol. The SMILES string of the molecule is CN1CCN(C(=O)C(C)(C)C(=O)NCCc2ccc(S(N)(=O)=O)cc2)CC1. The molecule has 0 saturated carbocycles. The van der Waals surface area contributed by atoms with E-state index in [1.165, 1.54) is 12.1 Å². The minimum atomic E-state index is -3.71. The van der Waals surface area contributed by atoms with E-state index in [9.17, 15) is 18.0 Å². The molecule has 150 valence electrons. The van der Waals surface area contributed by atoms with Gasteiger partial charge in [-0.05, 0) is 45.0 Å². The number of carbonyl (C=O) groups is 2. The van der Waals surface area contributed by atoms with Crippen LogP contribution in [-0.4, -0.2) is 69.8 Å². The molecule has 8 nitrogen and oxygen atoms in total. The molecule has 0 spiro atoms. The third-order valence-electron chi connectivity index (χ3n) is 4.84. The number of piperazine rings is 1. The molecule has 1 aliphatic rings. The number of primary sulfonamides is 1. The average Bonchev–Trinajstić information content (AvgIpc) is 2.61. The number of amides is 2. The zero-order chi connectivity index (χ0) is 20.2. The number of nitrogens with one attached hydrogen (secondary N) is 1. The first kappa shape index (κ1) is 21.3. The van der Waals surface area contributed by atoms with Crippen molar-refractivity contribution in [3.63, 3.8) is 0 Å². The van der Waals surface area contributed by atoms with Gasteiger partial charge in [0.2, 0.25) is 21.8 Å². The van der Waals surface area contributed by atoms with Crippen LogP contribution in [0.25, 0.3) is 0 Å². The van der Waals surface area contributed by atoms with E-state index in [1.807, 2.05) is 7.05 Å². The molecule has 1 aliphatic heterocycles. The zero-order valence-corrected chi connectivity index (χ0v) is 16.9. The lowest BCUT2D eigenvalue weighted by Crippen LogP contribution is -2.55. The molecule has 0 bridgehead atoms. The smallest absolute Gasteiger partial charge is 0.238 e. The molecule has 0 aliphatic carbocycles. The fraction of sp³-hybridized carbons (Fsp3) is 0.556. The predicted octanol–water partition coefficient (Wildman–Crippen LogP) is -0.207. The topological polar surface area (TPSA) is 113 Å². The Morgan fingerprint density at radius 1 is 1.11 bits per heavy atom. The zero-order valence-electron chi connectivity index (χ0n) is 16.1. The van der Waals surface area contributed by atoms with Crippen LogP contribution in [0.4, 0.5) is 0 Å². The lowest BCUT2D eigenvalue weighted by molar-refractivity contribution is -0.149. The van der Waals surface area contributed by atoms with Crippen LogP contribution in [0.15, 0.2) is 29.2 Å². The lowest BCUT2D eigenvalue weighted by atomic mass is 9.90. The van der Waals surface area contributed by atoms with Crippen molar-refractivity contribution in [2.24, 2.45) is 10.6 Å². The number of carbonyl (C=O) groups excluding carboxylic acids is 2. The fourth-order valence-corrected chi connectivity index (χ4v) is 3.40. The van der Waals surface area contributed by atoms with Crippen molar-refractivity contribution in [2.75, 3.05) is 39.8 Å². The Kier molecular flexibility index (Phi) is 6.61. The normalized spacial score (nSPS) is 16.2. The highest BCUT2D eigenvalue weighted by Crippen LogP contribution is 2.20. The van der Waals surface area contributed by atoms with Crippen molar-refractivity contribution < 1.29 is 18.0 Å². The van der Waals surface area contributed by atoms with E-state index in [2.05, 4.69) is 10.2 Å². The molecule has 0 radical (unpaired) electrons. The first-order valence-electron chi connectivity index (χ1n) is 8.90. The summed E-state index contributed by atoms with van der Waals surface area (Å²) in [5.74, 6) is -0.474. The summed E-state index contributed by atoms with van der Waals surface area (Å²) in [5, 5.41) is 7.87. The number of nitrogens with two attached hydrogens (primary N) is 1. The van der Waals surface area contributed by atoms with Gasteiger partial charge < -0.3 is 15.1 Å². The summed E-state index contributed by atoms with van der Waals surface area (Å²) in [5.41, 5.74) is -0.265. The van der Waals surface area contributed by atoms with Crippen molar-refractivity contribution >= 4 is 21.8 Å². The van der Waals surface area contributed by atoms with Crippen LogP contribution >= 0.6 is 0 Å². The predicted molar refractivity (Wildman–Crippen MR) is 102 cm³/mol. The molecule has 1 fully saturated rings. The third-order valence-corrected chi connectivity index (χ3v) is 5.77. The molecule has 1 aromatic rings. The molecule has 9 heteroatoms. The van der Waals surface area contributed by atoms with Crippen LogP contribution in [-0.2, 0) is 26.0 Å². The molecule has 27 heavy (non-hydrogen) atoms. The molecule has 2 rings (SSSR count). The van der Waals surface area contributed by atoms with Gasteiger partial charge >= 0.3 is 0 Å². The maximum Gasteiger partial charge on any atom is 0.238 e. The average molecular weight is 397 g/mol. The standard InChI is InChI=1S/C18H28N4O4S/c1-18(2,17(24)22-12-10-21(3)11-13-22)16(23)20-9-8-14-4-6-15(7-5-14)27(19,25)26/h4-7H,8-13H2,1-3H3,(H,20,23)(H2,19,25,26). The van der Waals surface area contributed by atoms with Gasteiger partial charge in [-0.25, -0.2) is 13.6 Å². The monoisotopic (exact) mass is 396 g/mol. The second-order valence-electron chi connectivity index (χ2n) is 7.42. The Balaban J connectivity index is 1.87. The summed E-state index contributed by atoms with van der Waals surface area (Å²) < 4.78 is 22.5. The van der Waals surface area contributed by atoms with Crippen LogP contribution in [0.2, 0.25) is 0 Å². The minimum absolute atomic E-state index is 0.0502. The van der Waals surface area contributed by atoms with Crippen LogP contribution < -0.4 is 10.5 Å². The van der Waals surface area contributed by atoms with Gasteiger partial charge in [-0.2, -0.15) is 0 Å². The van der Waals surface area contributed by atoms with Crippen LogP contribution in [0.1, 0.15) is 19.4 Å². The van der Waals surface area contributed by atoms with Crippen molar-refractivity contribution in [1.82, 2.24) is 15.1 Å². The molecule has 0 aromatic heterocycles. The molecule has 0 atom stereocenters. The largest absolute Gasteiger partial charge is 0.355 e. The van der Waals surface area contributed by atoms with E-state index in [0.29, 0.717) is 26.1 Å². The number of hydrogen-bond acceptors (Lipinski definition) is 5. The van der Waals surface area contributed by atoms with Crippen molar-refractivity contribution in [3.8, 4) is 0 Å². The van der Waals surface area contributed by atoms with Gasteiger partial charge in [0.1, 0.15) is 5.41 Å². The summed E-state index contributed by atoms with van der Waals surface area (Å²) in [4.78, 5) is 29.2. The number of benzene rings is 1. The second kappa shape index (κ2) is 8.37. The van der Waals surface area contributed by atoms with Gasteiger partial charge in [0.25, 0.3) is 0 Å². The Bertz CT molecular complexity index is 782. The van der Waals surface area contributed by atoms with E-state index in [0.717, 1.165) is 18.7 Å². The van der Waals surface area contributed by atoms with E-state index in [1.54, 1.807) is 30.9 Å². The Morgan fingerprint density at radius 3 is 2.19 bits per heavy atom. The highest BCUT2D eigenvalue weighted by atomic mass is 32.2. The number of sulfonamides is 1. The molecule has 1 heterocycles. The fourth-order valence-electron chi connectivity index (χ4n) is 2.89. The molecular formula is C18H28N4O4S. The van der Waals surface area contributed by atoms with Gasteiger partial charge in [-0.15, -0.1) is 0 Å². The second-order valence-corrected chi connectivity index (χ2v) is 8.98. The van der Waals surface area contributed by atoms with Crippen LogP contribution in [0, 0.1) is 5.41 Å². The molecule has 0 unspecified atom stereocenters. The molecule has 1 saturated heterocycles. The lowest BCUT2D eigenvalue weighted by Gasteiger charge is -2.36. The third kappa shape index (κ3) is 5.50. The Labute approximate surface area is 160 Å². The maximum absolute atomic E-state index is 12.7. The molecule has 1 aromatic carbocycles. The number of rotatable bonds is 6. The van der Waals surface area contributed by atoms with Gasteiger partial charge in [0.05, 0.1) is 4.90 Å². The summed E-state index contributed by atoms with van der Waals surface area (Å²) in [6, 6.07) is 6.19. The summed E-state index contributed by atoms with van der Waals surface area (Å²) in [7, 11) is -1.70. The number of likely N-dealkylation sites (N-methyl/N-ethyl adjacent to an activating group) is 1. The Hall–Kier alpha value is -1.97. The van der Waals surface area contributed by atoms with Crippen molar-refractivity contribution in [1.29, 1.82) is 0 Å². The van der Waals surface area contributed by atoms with Gasteiger partial charge in [0.15, 0.2) is 0 Å². The van der Waals surface area contributed by atoms with Gasteiger partial charge in [0, 0.05) is 32.7 Å².